The molecule has 4 nitrogen and oxygen atoms in total. The first-order valence-electron chi connectivity index (χ1n) is 3.90. The number of hydrogen-bond donors (Lipinski definition) is 1. The van der Waals surface area contributed by atoms with Gasteiger partial charge in [0.15, 0.2) is 0 Å². The molecule has 74 valence electrons. The molecule has 0 fully saturated rings. The van der Waals surface area contributed by atoms with Gasteiger partial charge in [-0.05, 0) is 13.8 Å². The first-order valence-corrected chi connectivity index (χ1v) is 3.90. The zero-order valence-electron chi connectivity index (χ0n) is 7.87. The molecule has 0 saturated carbocycles. The summed E-state index contributed by atoms with van der Waals surface area (Å²) in [5, 5.41) is 8.50. The van der Waals surface area contributed by atoms with Crippen molar-refractivity contribution in [3.8, 4) is 0 Å². The minimum Gasteiger partial charge on any atom is -0.481 e. The van der Waals surface area contributed by atoms with Crippen molar-refractivity contribution in [3.05, 3.63) is 12.7 Å². The molecule has 0 rings (SSSR count). The maximum Gasteiger partial charge on any atom is 0.312 e. The molecule has 0 radical (unpaired) electrons. The number of carboxylic acid groups (broad SMARTS) is 1. The number of ether oxygens (including phenoxy) is 1. The highest BCUT2D eigenvalue weighted by atomic mass is 16.5. The summed E-state index contributed by atoms with van der Waals surface area (Å²) in [7, 11) is 0. The van der Waals surface area contributed by atoms with Gasteiger partial charge in [-0.15, -0.1) is 0 Å². The van der Waals surface area contributed by atoms with Crippen LogP contribution >= 0.6 is 0 Å². The van der Waals surface area contributed by atoms with Gasteiger partial charge in [0.1, 0.15) is 6.61 Å². The van der Waals surface area contributed by atoms with Gasteiger partial charge in [0.2, 0.25) is 0 Å². The number of esters is 1. The molecule has 0 bridgehead atoms. The summed E-state index contributed by atoms with van der Waals surface area (Å²) in [6.45, 7) is 6.56. The summed E-state index contributed by atoms with van der Waals surface area (Å²) < 4.78 is 4.74. The van der Waals surface area contributed by atoms with E-state index in [1.807, 2.05) is 0 Å². The number of carboxylic acids is 1. The van der Waals surface area contributed by atoms with E-state index in [0.29, 0.717) is 0 Å². The third-order valence-corrected chi connectivity index (χ3v) is 1.48. The number of carbonyl (C=O) groups is 2. The number of aliphatic carboxylic acids is 1. The summed E-state index contributed by atoms with van der Waals surface area (Å²) in [6, 6.07) is 0. The molecule has 0 aliphatic carbocycles. The van der Waals surface area contributed by atoms with Gasteiger partial charge in [0, 0.05) is 0 Å². The van der Waals surface area contributed by atoms with E-state index in [2.05, 4.69) is 6.58 Å². The van der Waals surface area contributed by atoms with Gasteiger partial charge in [0.25, 0.3) is 0 Å². The first kappa shape index (κ1) is 11.7. The monoisotopic (exact) mass is 186 g/mol. The molecule has 4 heteroatoms. The molecule has 0 aromatic rings. The van der Waals surface area contributed by atoms with Crippen molar-refractivity contribution in [1.82, 2.24) is 0 Å². The normalized spacial score (nSPS) is 10.6. The van der Waals surface area contributed by atoms with Crippen LogP contribution in [0, 0.1) is 5.41 Å². The van der Waals surface area contributed by atoms with E-state index in [4.69, 9.17) is 9.84 Å². The second-order valence-electron chi connectivity index (χ2n) is 3.34. The average molecular weight is 186 g/mol. The lowest BCUT2D eigenvalue weighted by atomic mass is 9.90. The summed E-state index contributed by atoms with van der Waals surface area (Å²) in [5.41, 5.74) is -0.977. The quantitative estimate of drug-likeness (QED) is 0.518. The summed E-state index contributed by atoms with van der Waals surface area (Å²) in [4.78, 5) is 21.6. The van der Waals surface area contributed by atoms with E-state index in [-0.39, 0.29) is 13.0 Å². The van der Waals surface area contributed by atoms with Crippen LogP contribution in [0.25, 0.3) is 0 Å². The molecule has 0 unspecified atom stereocenters. The Bertz CT molecular complexity index is 218. The third kappa shape index (κ3) is 4.30. The Labute approximate surface area is 77.2 Å². The molecule has 0 heterocycles. The Kier molecular flexibility index (Phi) is 4.17. The smallest absolute Gasteiger partial charge is 0.312 e. The van der Waals surface area contributed by atoms with E-state index in [9.17, 15) is 9.59 Å². The first-order chi connectivity index (χ1) is 5.90. The average Bonchev–Trinajstić information content (AvgIpc) is 1.97. The third-order valence-electron chi connectivity index (χ3n) is 1.48. The minimum atomic E-state index is -1.01. The molecule has 0 aliphatic rings. The van der Waals surface area contributed by atoms with Gasteiger partial charge in [-0.25, -0.2) is 0 Å². The molecule has 0 saturated heterocycles. The lowest BCUT2D eigenvalue weighted by molar-refractivity contribution is -0.157. The SMILES string of the molecule is C=CCOC(=O)C(C)(C)CC(=O)O. The van der Waals surface area contributed by atoms with Crippen LogP contribution in [0.2, 0.25) is 0 Å². The zero-order chi connectivity index (χ0) is 10.5. The van der Waals surface area contributed by atoms with Gasteiger partial charge >= 0.3 is 11.9 Å². The molecule has 0 spiro atoms. The minimum absolute atomic E-state index is 0.113. The molecular weight excluding hydrogens is 172 g/mol. The van der Waals surface area contributed by atoms with Gasteiger partial charge in [-0.3, -0.25) is 9.59 Å². The maximum absolute atomic E-state index is 11.2. The van der Waals surface area contributed by atoms with Gasteiger partial charge in [0.05, 0.1) is 11.8 Å². The number of carbonyl (C=O) groups excluding carboxylic acids is 1. The lowest BCUT2D eigenvalue weighted by Gasteiger charge is -2.19. The number of rotatable bonds is 5. The van der Waals surface area contributed by atoms with Crippen molar-refractivity contribution in [2.75, 3.05) is 6.61 Å². The van der Waals surface area contributed by atoms with Crippen LogP contribution in [0.15, 0.2) is 12.7 Å². The van der Waals surface area contributed by atoms with Gasteiger partial charge in [-0.1, -0.05) is 12.7 Å². The predicted molar refractivity (Wildman–Crippen MR) is 47.2 cm³/mol. The van der Waals surface area contributed by atoms with Gasteiger partial charge in [-0.2, -0.15) is 0 Å². The van der Waals surface area contributed by atoms with Crippen molar-refractivity contribution in [1.29, 1.82) is 0 Å². The number of hydrogen-bond acceptors (Lipinski definition) is 3. The molecule has 0 aromatic heterocycles. The molecule has 13 heavy (non-hydrogen) atoms. The molecule has 0 amide bonds. The van der Waals surface area contributed by atoms with Gasteiger partial charge < -0.3 is 9.84 Å². The Hall–Kier alpha value is -1.32. The predicted octanol–water partition coefficient (Wildman–Crippen LogP) is 1.22. The molecule has 1 N–H and O–H groups in total. The Morgan fingerprint density at radius 3 is 2.46 bits per heavy atom. The Morgan fingerprint density at radius 1 is 1.54 bits per heavy atom. The molecule has 0 aliphatic heterocycles. The van der Waals surface area contributed by atoms with E-state index in [1.165, 1.54) is 19.9 Å². The van der Waals surface area contributed by atoms with Crippen LogP contribution < -0.4 is 0 Å². The summed E-state index contributed by atoms with van der Waals surface area (Å²) in [6.07, 6.45) is 1.21. The van der Waals surface area contributed by atoms with E-state index < -0.39 is 17.4 Å². The largest absolute Gasteiger partial charge is 0.481 e. The Balaban J connectivity index is 4.18. The molecule has 0 atom stereocenters. The topological polar surface area (TPSA) is 63.6 Å². The fraction of sp³-hybridized carbons (Fsp3) is 0.556. The van der Waals surface area contributed by atoms with E-state index in [0.717, 1.165) is 0 Å². The van der Waals surface area contributed by atoms with E-state index in [1.54, 1.807) is 0 Å². The van der Waals surface area contributed by atoms with Crippen LogP contribution in [0.5, 0.6) is 0 Å². The summed E-state index contributed by atoms with van der Waals surface area (Å²) >= 11 is 0. The highest BCUT2D eigenvalue weighted by Gasteiger charge is 2.31. The highest BCUT2D eigenvalue weighted by molar-refractivity contribution is 5.82. The molecular formula is C9H14O4. The van der Waals surface area contributed by atoms with Crippen molar-refractivity contribution >= 4 is 11.9 Å². The molecule has 0 aromatic carbocycles. The highest BCUT2D eigenvalue weighted by Crippen LogP contribution is 2.21. The standard InChI is InChI=1S/C9H14O4/c1-4-5-13-8(12)9(2,3)6-7(10)11/h4H,1,5-6H2,2-3H3,(H,10,11). The second-order valence-corrected chi connectivity index (χ2v) is 3.34. The van der Waals surface area contributed by atoms with Crippen LogP contribution in [-0.4, -0.2) is 23.7 Å². The second kappa shape index (κ2) is 4.64. The Morgan fingerprint density at radius 2 is 2.08 bits per heavy atom. The fourth-order valence-corrected chi connectivity index (χ4v) is 0.780. The fourth-order valence-electron chi connectivity index (χ4n) is 0.780. The zero-order valence-corrected chi connectivity index (χ0v) is 7.87. The summed E-state index contributed by atoms with van der Waals surface area (Å²) in [5.74, 6) is -1.53. The lowest BCUT2D eigenvalue weighted by Crippen LogP contribution is -2.29. The maximum atomic E-state index is 11.2. The van der Waals surface area contributed by atoms with Crippen molar-refractivity contribution in [2.45, 2.75) is 20.3 Å². The van der Waals surface area contributed by atoms with Crippen molar-refractivity contribution < 1.29 is 19.4 Å². The van der Waals surface area contributed by atoms with Crippen LogP contribution in [0.1, 0.15) is 20.3 Å². The van der Waals surface area contributed by atoms with Crippen LogP contribution in [0.3, 0.4) is 0 Å². The van der Waals surface area contributed by atoms with Crippen molar-refractivity contribution in [3.63, 3.8) is 0 Å². The van der Waals surface area contributed by atoms with E-state index >= 15 is 0 Å². The van der Waals surface area contributed by atoms with Crippen LogP contribution in [-0.2, 0) is 14.3 Å². The van der Waals surface area contributed by atoms with Crippen molar-refractivity contribution in [2.24, 2.45) is 5.41 Å². The van der Waals surface area contributed by atoms with Crippen LogP contribution in [0.4, 0.5) is 0 Å².